The number of anilines is 1. The maximum Gasteiger partial charge on any atom is 0.254 e. The van der Waals surface area contributed by atoms with Crippen LogP contribution in [0.25, 0.3) is 0 Å². The van der Waals surface area contributed by atoms with Gasteiger partial charge >= 0.3 is 0 Å². The average molecular weight is 507 g/mol. The van der Waals surface area contributed by atoms with Crippen LogP contribution in [0.5, 0.6) is 0 Å². The number of carbonyl (C=O) groups excluding carboxylic acids is 1. The van der Waals surface area contributed by atoms with Gasteiger partial charge in [-0.15, -0.1) is 0 Å². The predicted octanol–water partition coefficient (Wildman–Crippen LogP) is 3.11. The van der Waals surface area contributed by atoms with Gasteiger partial charge in [-0.3, -0.25) is 9.69 Å². The number of nitrogens with zero attached hydrogens (tertiary/aromatic N) is 5. The molecule has 12 heteroatoms. The standard InChI is InChI=1S/C22H27FN6O3S2/c1-15(18-4-6-19(23)7-5-18)29-14-24-12-20(29)16(2)27-8-10-28(11-9-27)34(31,32)21-13-25-22(33-21)26-17(3)30/h4-7,12-16H,8-11H2,1-3H3,(H,25,26,30)/t15-,16?/m1/s1. The van der Waals surface area contributed by atoms with Crippen molar-refractivity contribution in [1.82, 2.24) is 23.7 Å². The van der Waals surface area contributed by atoms with Crippen molar-refractivity contribution < 1.29 is 17.6 Å². The molecule has 1 unspecified atom stereocenters. The van der Waals surface area contributed by atoms with E-state index in [0.717, 1.165) is 22.6 Å². The highest BCUT2D eigenvalue weighted by Crippen LogP contribution is 2.30. The summed E-state index contributed by atoms with van der Waals surface area (Å²) in [4.78, 5) is 21.8. The van der Waals surface area contributed by atoms with E-state index in [9.17, 15) is 17.6 Å². The maximum atomic E-state index is 13.3. The monoisotopic (exact) mass is 506 g/mol. The fraction of sp³-hybridized carbons (Fsp3) is 0.409. The van der Waals surface area contributed by atoms with Crippen molar-refractivity contribution >= 4 is 32.4 Å². The van der Waals surface area contributed by atoms with Crippen LogP contribution in [0.1, 0.15) is 44.1 Å². The Morgan fingerprint density at radius 1 is 1.09 bits per heavy atom. The van der Waals surface area contributed by atoms with Crippen LogP contribution < -0.4 is 5.32 Å². The third-order valence-electron chi connectivity index (χ3n) is 6.08. The Morgan fingerprint density at radius 3 is 2.41 bits per heavy atom. The second kappa shape index (κ2) is 9.90. The topological polar surface area (TPSA) is 100 Å². The first-order valence-electron chi connectivity index (χ1n) is 10.9. The van der Waals surface area contributed by atoms with E-state index in [1.54, 1.807) is 18.5 Å². The number of aromatic nitrogens is 3. The van der Waals surface area contributed by atoms with Crippen LogP contribution >= 0.6 is 11.3 Å². The third kappa shape index (κ3) is 5.04. The number of rotatable bonds is 7. The molecule has 0 bridgehead atoms. The lowest BCUT2D eigenvalue weighted by Crippen LogP contribution is -2.49. The maximum absolute atomic E-state index is 13.3. The summed E-state index contributed by atoms with van der Waals surface area (Å²) in [5.41, 5.74) is 1.99. The van der Waals surface area contributed by atoms with Crippen LogP contribution in [-0.4, -0.2) is 64.2 Å². The number of hydrogen-bond donors (Lipinski definition) is 1. The minimum Gasteiger partial charge on any atom is -0.326 e. The molecule has 0 spiro atoms. The molecule has 1 aliphatic rings. The van der Waals surface area contributed by atoms with Crippen molar-refractivity contribution in [2.24, 2.45) is 0 Å². The summed E-state index contributed by atoms with van der Waals surface area (Å²) in [6.45, 7) is 7.30. The zero-order valence-corrected chi connectivity index (χ0v) is 20.8. The summed E-state index contributed by atoms with van der Waals surface area (Å²) in [5.74, 6) is -0.568. The van der Waals surface area contributed by atoms with Crippen molar-refractivity contribution in [2.75, 3.05) is 31.5 Å². The quantitative estimate of drug-likeness (QED) is 0.529. The van der Waals surface area contributed by atoms with Crippen LogP contribution in [0, 0.1) is 5.82 Å². The van der Waals surface area contributed by atoms with E-state index in [2.05, 4.69) is 31.7 Å². The number of piperazine rings is 1. The Bertz CT molecular complexity index is 1250. The molecule has 1 N–H and O–H groups in total. The predicted molar refractivity (Wildman–Crippen MR) is 128 cm³/mol. The van der Waals surface area contributed by atoms with E-state index in [4.69, 9.17) is 0 Å². The van der Waals surface area contributed by atoms with Gasteiger partial charge in [0.2, 0.25) is 5.91 Å². The largest absolute Gasteiger partial charge is 0.326 e. The first kappa shape index (κ1) is 24.5. The SMILES string of the molecule is CC(=O)Nc1ncc(S(=O)(=O)N2CCN(C(C)c3cncn3[C@H](C)c3ccc(F)cc3)CC2)s1. The van der Waals surface area contributed by atoms with Gasteiger partial charge in [0.25, 0.3) is 10.0 Å². The number of halogens is 1. The van der Waals surface area contributed by atoms with E-state index in [1.807, 2.05) is 13.1 Å². The van der Waals surface area contributed by atoms with E-state index >= 15 is 0 Å². The normalized spacial score (nSPS) is 17.4. The molecule has 0 aliphatic carbocycles. The fourth-order valence-corrected chi connectivity index (χ4v) is 6.75. The highest BCUT2D eigenvalue weighted by molar-refractivity contribution is 7.91. The molecule has 4 rings (SSSR count). The molecule has 0 radical (unpaired) electrons. The van der Waals surface area contributed by atoms with Crippen molar-refractivity contribution in [3.63, 3.8) is 0 Å². The minimum atomic E-state index is -3.68. The van der Waals surface area contributed by atoms with E-state index in [0.29, 0.717) is 26.2 Å². The van der Waals surface area contributed by atoms with Crippen molar-refractivity contribution in [2.45, 2.75) is 37.1 Å². The molecule has 1 fully saturated rings. The van der Waals surface area contributed by atoms with Crippen molar-refractivity contribution in [1.29, 1.82) is 0 Å². The Kier molecular flexibility index (Phi) is 7.12. The molecule has 2 aromatic heterocycles. The Labute approximate surface area is 202 Å². The molecular weight excluding hydrogens is 479 g/mol. The molecule has 3 heterocycles. The highest BCUT2D eigenvalue weighted by Gasteiger charge is 2.32. The van der Waals surface area contributed by atoms with Gasteiger partial charge in [-0.2, -0.15) is 4.31 Å². The van der Waals surface area contributed by atoms with Crippen LogP contribution in [0.4, 0.5) is 9.52 Å². The second-order valence-electron chi connectivity index (χ2n) is 8.23. The summed E-state index contributed by atoms with van der Waals surface area (Å²) in [5, 5.41) is 2.78. The van der Waals surface area contributed by atoms with Gasteiger partial charge in [0, 0.05) is 45.3 Å². The van der Waals surface area contributed by atoms with Gasteiger partial charge in [-0.1, -0.05) is 23.5 Å². The lowest BCUT2D eigenvalue weighted by Gasteiger charge is -2.37. The van der Waals surface area contributed by atoms with Gasteiger partial charge in [0.1, 0.15) is 5.82 Å². The molecule has 1 saturated heterocycles. The number of benzene rings is 1. The molecule has 1 aromatic carbocycles. The Morgan fingerprint density at radius 2 is 1.76 bits per heavy atom. The number of amides is 1. The lowest BCUT2D eigenvalue weighted by atomic mass is 10.1. The van der Waals surface area contributed by atoms with E-state index in [-0.39, 0.29) is 33.1 Å². The van der Waals surface area contributed by atoms with Gasteiger partial charge < -0.3 is 9.88 Å². The van der Waals surface area contributed by atoms with E-state index < -0.39 is 10.0 Å². The number of carbonyl (C=O) groups is 1. The average Bonchev–Trinajstić information content (AvgIpc) is 3.48. The summed E-state index contributed by atoms with van der Waals surface area (Å²) >= 11 is 0.949. The van der Waals surface area contributed by atoms with Gasteiger partial charge in [-0.05, 0) is 31.5 Å². The van der Waals surface area contributed by atoms with Crippen molar-refractivity contribution in [3.05, 3.63) is 60.1 Å². The molecule has 1 amide bonds. The molecule has 182 valence electrons. The van der Waals surface area contributed by atoms with Crippen LogP contribution in [0.2, 0.25) is 0 Å². The number of imidazole rings is 1. The van der Waals surface area contributed by atoms with Gasteiger partial charge in [0.15, 0.2) is 9.34 Å². The van der Waals surface area contributed by atoms with E-state index in [1.165, 1.54) is 29.6 Å². The fourth-order valence-electron chi connectivity index (χ4n) is 4.10. The first-order valence-corrected chi connectivity index (χ1v) is 13.2. The summed E-state index contributed by atoms with van der Waals surface area (Å²) < 4.78 is 43.1. The van der Waals surface area contributed by atoms with Gasteiger partial charge in [-0.25, -0.2) is 22.8 Å². The third-order valence-corrected chi connectivity index (χ3v) is 9.32. The number of thiazole rings is 1. The van der Waals surface area contributed by atoms with Crippen LogP contribution in [0.15, 0.2) is 47.2 Å². The number of sulfonamides is 1. The Hall–Kier alpha value is -2.67. The molecular formula is C22H27FN6O3S2. The first-order chi connectivity index (χ1) is 16.2. The molecule has 0 saturated carbocycles. The summed E-state index contributed by atoms with van der Waals surface area (Å²) in [7, 11) is -3.68. The minimum absolute atomic E-state index is 0.0185. The highest BCUT2D eigenvalue weighted by atomic mass is 32.2. The number of nitrogens with one attached hydrogen (secondary N) is 1. The zero-order chi connectivity index (χ0) is 24.5. The second-order valence-corrected chi connectivity index (χ2v) is 11.4. The Balaban J connectivity index is 1.43. The molecule has 1 aliphatic heterocycles. The lowest BCUT2D eigenvalue weighted by molar-refractivity contribution is -0.114. The smallest absolute Gasteiger partial charge is 0.254 e. The summed E-state index contributed by atoms with van der Waals surface area (Å²) in [6, 6.07) is 6.45. The molecule has 2 atom stereocenters. The van der Waals surface area contributed by atoms with Crippen LogP contribution in [0.3, 0.4) is 0 Å². The zero-order valence-electron chi connectivity index (χ0n) is 19.2. The van der Waals surface area contributed by atoms with Gasteiger partial charge in [0.05, 0.1) is 24.3 Å². The number of hydrogen-bond acceptors (Lipinski definition) is 7. The molecule has 3 aromatic rings. The van der Waals surface area contributed by atoms with Crippen molar-refractivity contribution in [3.8, 4) is 0 Å². The van der Waals surface area contributed by atoms with Crippen LogP contribution in [-0.2, 0) is 14.8 Å². The molecule has 9 nitrogen and oxygen atoms in total. The molecule has 34 heavy (non-hydrogen) atoms. The summed E-state index contributed by atoms with van der Waals surface area (Å²) in [6.07, 6.45) is 4.89.